The molecule has 1 heterocycles. The lowest BCUT2D eigenvalue weighted by molar-refractivity contribution is -0.118. The zero-order chi connectivity index (χ0) is 21.6. The van der Waals surface area contributed by atoms with Crippen LogP contribution in [0.4, 0.5) is 5.69 Å². The van der Waals surface area contributed by atoms with Gasteiger partial charge in [-0.1, -0.05) is 0 Å². The number of anilines is 1. The molecule has 1 aliphatic heterocycles. The van der Waals surface area contributed by atoms with Crippen LogP contribution in [-0.2, 0) is 19.6 Å². The van der Waals surface area contributed by atoms with Gasteiger partial charge in [-0.2, -0.15) is 4.31 Å². The summed E-state index contributed by atoms with van der Waals surface area (Å²) >= 11 is 0. The zero-order valence-electron chi connectivity index (χ0n) is 16.4. The lowest BCUT2D eigenvalue weighted by atomic mass is 10.2. The van der Waals surface area contributed by atoms with Gasteiger partial charge in [0.05, 0.1) is 30.9 Å². The van der Waals surface area contributed by atoms with Crippen LogP contribution in [0.5, 0.6) is 11.5 Å². The third-order valence-corrected chi connectivity index (χ3v) is 6.33. The Kier molecular flexibility index (Phi) is 7.03. The molecule has 0 radical (unpaired) electrons. The van der Waals surface area contributed by atoms with E-state index in [1.54, 1.807) is 24.3 Å². The van der Waals surface area contributed by atoms with Gasteiger partial charge in [-0.15, -0.1) is 0 Å². The van der Waals surface area contributed by atoms with E-state index < -0.39 is 15.9 Å². The summed E-state index contributed by atoms with van der Waals surface area (Å²) in [5, 5.41) is 2.62. The highest BCUT2D eigenvalue weighted by atomic mass is 32.2. The third kappa shape index (κ3) is 5.15. The van der Waals surface area contributed by atoms with Crippen molar-refractivity contribution >= 4 is 27.9 Å². The molecule has 0 aliphatic carbocycles. The van der Waals surface area contributed by atoms with E-state index in [-0.39, 0.29) is 30.3 Å². The number of carbonyl (C=O) groups is 2. The maximum absolute atomic E-state index is 12.9. The van der Waals surface area contributed by atoms with Crippen molar-refractivity contribution in [2.45, 2.75) is 4.90 Å². The molecule has 0 atom stereocenters. The number of ether oxygens (including phenoxy) is 3. The molecule has 1 N–H and O–H groups in total. The van der Waals surface area contributed by atoms with E-state index in [1.165, 1.54) is 29.6 Å². The Balaban J connectivity index is 1.71. The number of methoxy groups -OCH3 is 1. The highest BCUT2D eigenvalue weighted by Crippen LogP contribution is 2.29. The largest absolute Gasteiger partial charge is 0.495 e. The van der Waals surface area contributed by atoms with Crippen LogP contribution in [0.15, 0.2) is 47.4 Å². The molecule has 1 fully saturated rings. The number of nitrogens with zero attached hydrogens (tertiary/aromatic N) is 1. The number of nitrogens with one attached hydrogen (secondary N) is 1. The second-order valence-corrected chi connectivity index (χ2v) is 8.34. The van der Waals surface area contributed by atoms with Gasteiger partial charge in [-0.25, -0.2) is 8.42 Å². The fourth-order valence-corrected chi connectivity index (χ4v) is 4.29. The summed E-state index contributed by atoms with van der Waals surface area (Å²) in [6.45, 7) is 0.915. The average molecular weight is 434 g/mol. The molecular formula is C20H22N2O7S. The van der Waals surface area contributed by atoms with Gasteiger partial charge in [-0.3, -0.25) is 9.59 Å². The van der Waals surface area contributed by atoms with Crippen molar-refractivity contribution in [1.82, 2.24) is 4.31 Å². The first-order chi connectivity index (χ1) is 14.4. The number of hydrogen-bond acceptors (Lipinski definition) is 7. The van der Waals surface area contributed by atoms with E-state index >= 15 is 0 Å². The van der Waals surface area contributed by atoms with Crippen LogP contribution in [0.3, 0.4) is 0 Å². The number of amides is 1. The first kappa shape index (κ1) is 21.8. The third-order valence-electron chi connectivity index (χ3n) is 4.44. The predicted octanol–water partition coefficient (Wildman–Crippen LogP) is 1.55. The Bertz CT molecular complexity index is 1000. The van der Waals surface area contributed by atoms with Crippen LogP contribution in [-0.4, -0.2) is 64.9 Å². The number of sulfonamides is 1. The Hall–Kier alpha value is -2.95. The lowest BCUT2D eigenvalue weighted by Crippen LogP contribution is -2.40. The minimum Gasteiger partial charge on any atom is -0.495 e. The zero-order valence-corrected chi connectivity index (χ0v) is 17.2. The smallest absolute Gasteiger partial charge is 0.262 e. The van der Waals surface area contributed by atoms with Gasteiger partial charge >= 0.3 is 0 Å². The molecule has 160 valence electrons. The van der Waals surface area contributed by atoms with Crippen LogP contribution in [0.2, 0.25) is 0 Å². The standard InChI is InChI=1S/C20H22N2O7S/c1-27-19-7-6-17(30(25,26)22-8-10-28-11-9-22)12-18(19)21-20(24)14-29-16-4-2-15(13-23)3-5-16/h2-7,12-13H,8-11,14H2,1H3,(H,21,24). The van der Waals surface area contributed by atoms with Gasteiger partial charge in [0.15, 0.2) is 6.61 Å². The lowest BCUT2D eigenvalue weighted by Gasteiger charge is -2.26. The van der Waals surface area contributed by atoms with Crippen molar-refractivity contribution in [1.29, 1.82) is 0 Å². The van der Waals surface area contributed by atoms with Crippen molar-refractivity contribution < 1.29 is 32.2 Å². The number of benzene rings is 2. The van der Waals surface area contributed by atoms with Gasteiger partial charge in [0.1, 0.15) is 17.8 Å². The normalized spacial score (nSPS) is 14.7. The maximum atomic E-state index is 12.9. The van der Waals surface area contributed by atoms with Crippen LogP contribution in [0, 0.1) is 0 Å². The van der Waals surface area contributed by atoms with E-state index in [0.29, 0.717) is 36.6 Å². The molecule has 0 saturated carbocycles. The van der Waals surface area contributed by atoms with E-state index in [2.05, 4.69) is 5.32 Å². The molecule has 1 saturated heterocycles. The molecule has 1 aliphatic rings. The minimum atomic E-state index is -3.72. The quantitative estimate of drug-likeness (QED) is 0.628. The summed E-state index contributed by atoms with van der Waals surface area (Å²) < 4.78 is 42.9. The summed E-state index contributed by atoms with van der Waals surface area (Å²) in [4.78, 5) is 23.0. The van der Waals surface area contributed by atoms with Gasteiger partial charge < -0.3 is 19.5 Å². The monoisotopic (exact) mass is 434 g/mol. The average Bonchev–Trinajstić information content (AvgIpc) is 2.78. The molecule has 2 aromatic carbocycles. The van der Waals surface area contributed by atoms with Crippen LogP contribution in [0.1, 0.15) is 10.4 Å². The molecular weight excluding hydrogens is 412 g/mol. The number of rotatable bonds is 8. The first-order valence-corrected chi connectivity index (χ1v) is 10.6. The van der Waals surface area contributed by atoms with Gasteiger partial charge in [0.2, 0.25) is 10.0 Å². The molecule has 0 bridgehead atoms. The SMILES string of the molecule is COc1ccc(S(=O)(=O)N2CCOCC2)cc1NC(=O)COc1ccc(C=O)cc1. The number of hydrogen-bond donors (Lipinski definition) is 1. The fourth-order valence-electron chi connectivity index (χ4n) is 2.86. The van der Waals surface area contributed by atoms with E-state index in [1.807, 2.05) is 0 Å². The molecule has 3 rings (SSSR count). The predicted molar refractivity (Wildman–Crippen MR) is 109 cm³/mol. The van der Waals surface area contributed by atoms with Crippen molar-refractivity contribution in [3.05, 3.63) is 48.0 Å². The van der Waals surface area contributed by atoms with E-state index in [9.17, 15) is 18.0 Å². The Labute approximate surface area is 174 Å². The second kappa shape index (κ2) is 9.70. The Morgan fingerprint density at radius 1 is 1.17 bits per heavy atom. The maximum Gasteiger partial charge on any atom is 0.262 e. The van der Waals surface area contributed by atoms with Gasteiger partial charge in [-0.05, 0) is 42.5 Å². The highest BCUT2D eigenvalue weighted by molar-refractivity contribution is 7.89. The summed E-state index contributed by atoms with van der Waals surface area (Å²) in [6, 6.07) is 10.6. The van der Waals surface area contributed by atoms with Crippen molar-refractivity contribution in [3.63, 3.8) is 0 Å². The van der Waals surface area contributed by atoms with Crippen LogP contribution in [0.25, 0.3) is 0 Å². The molecule has 0 unspecified atom stereocenters. The van der Waals surface area contributed by atoms with Crippen molar-refractivity contribution in [2.24, 2.45) is 0 Å². The summed E-state index contributed by atoms with van der Waals surface area (Å²) in [5.74, 6) is 0.250. The molecule has 10 heteroatoms. The summed E-state index contributed by atoms with van der Waals surface area (Å²) in [6.07, 6.45) is 0.709. The Morgan fingerprint density at radius 2 is 1.87 bits per heavy atom. The minimum absolute atomic E-state index is 0.0471. The van der Waals surface area contributed by atoms with Crippen molar-refractivity contribution in [3.8, 4) is 11.5 Å². The van der Waals surface area contributed by atoms with Gasteiger partial charge in [0, 0.05) is 18.7 Å². The molecule has 30 heavy (non-hydrogen) atoms. The molecule has 0 aromatic heterocycles. The molecule has 9 nitrogen and oxygen atoms in total. The van der Waals surface area contributed by atoms with Crippen LogP contribution < -0.4 is 14.8 Å². The summed E-state index contributed by atoms with van der Waals surface area (Å²) in [5.41, 5.74) is 0.714. The molecule has 1 amide bonds. The number of carbonyl (C=O) groups excluding carboxylic acids is 2. The van der Waals surface area contributed by atoms with E-state index in [0.717, 1.165) is 0 Å². The topological polar surface area (TPSA) is 111 Å². The number of morpholine rings is 1. The first-order valence-electron chi connectivity index (χ1n) is 9.18. The highest BCUT2D eigenvalue weighted by Gasteiger charge is 2.27. The molecule has 2 aromatic rings. The Morgan fingerprint density at radius 3 is 2.50 bits per heavy atom. The van der Waals surface area contributed by atoms with Crippen molar-refractivity contribution in [2.75, 3.05) is 45.3 Å². The fraction of sp³-hybridized carbons (Fsp3) is 0.300. The summed E-state index contributed by atoms with van der Waals surface area (Å²) in [7, 11) is -2.30. The molecule has 0 spiro atoms. The van der Waals surface area contributed by atoms with E-state index in [4.69, 9.17) is 14.2 Å². The second-order valence-electron chi connectivity index (χ2n) is 6.40. The number of aldehydes is 1. The van der Waals surface area contributed by atoms with Crippen LogP contribution >= 0.6 is 0 Å². The van der Waals surface area contributed by atoms with Gasteiger partial charge in [0.25, 0.3) is 5.91 Å².